The lowest BCUT2D eigenvalue weighted by atomic mass is 9.88. The third-order valence-corrected chi connectivity index (χ3v) is 8.49. The van der Waals surface area contributed by atoms with Crippen LogP contribution in [-0.4, -0.2) is 67.8 Å². The lowest BCUT2D eigenvalue weighted by Crippen LogP contribution is -2.55. The number of imidazole rings is 1. The monoisotopic (exact) mass is 558 g/mol. The van der Waals surface area contributed by atoms with Gasteiger partial charge in [0.15, 0.2) is 5.82 Å². The maximum Gasteiger partial charge on any atom is 0.407 e. The molecule has 41 heavy (non-hydrogen) atoms. The van der Waals surface area contributed by atoms with Crippen LogP contribution in [0.1, 0.15) is 57.3 Å². The number of carbonyl (C=O) groups is 2. The van der Waals surface area contributed by atoms with E-state index in [2.05, 4.69) is 27.9 Å². The van der Waals surface area contributed by atoms with Crippen LogP contribution in [0.25, 0.3) is 33.6 Å². The van der Waals surface area contributed by atoms with Crippen molar-refractivity contribution >= 4 is 34.1 Å². The van der Waals surface area contributed by atoms with Gasteiger partial charge in [0.05, 0.1) is 24.4 Å². The van der Waals surface area contributed by atoms with E-state index in [0.29, 0.717) is 29.9 Å². The predicted octanol–water partition coefficient (Wildman–Crippen LogP) is 5.14. The van der Waals surface area contributed by atoms with E-state index >= 15 is 0 Å². The molecule has 1 aliphatic heterocycles. The van der Waals surface area contributed by atoms with Crippen LogP contribution in [-0.2, 0) is 18.3 Å². The first-order valence-electron chi connectivity index (χ1n) is 14.3. The summed E-state index contributed by atoms with van der Waals surface area (Å²) in [6.45, 7) is 9.46. The van der Waals surface area contributed by atoms with E-state index in [0.717, 1.165) is 53.9 Å². The molecule has 10 heteroatoms. The number of pyridine rings is 1. The summed E-state index contributed by atoms with van der Waals surface area (Å²) >= 11 is 0. The number of hydrogen-bond donors (Lipinski definition) is 1. The molecule has 1 atom stereocenters. The number of amides is 2. The Balaban J connectivity index is 1.32. The number of ether oxygens (including phenoxy) is 2. The second-order valence-electron chi connectivity index (χ2n) is 12.3. The molecular formula is C31H38N6O4. The molecular weight excluding hydrogens is 520 g/mol. The maximum absolute atomic E-state index is 13.9. The molecule has 1 N–H and O–H groups in total. The summed E-state index contributed by atoms with van der Waals surface area (Å²) in [5, 5.41) is 4.11. The third kappa shape index (κ3) is 4.79. The van der Waals surface area contributed by atoms with Crippen molar-refractivity contribution in [3.63, 3.8) is 0 Å². The van der Waals surface area contributed by atoms with E-state index in [-0.39, 0.29) is 17.4 Å². The van der Waals surface area contributed by atoms with Gasteiger partial charge < -0.3 is 28.8 Å². The predicted molar refractivity (Wildman–Crippen MR) is 157 cm³/mol. The van der Waals surface area contributed by atoms with Crippen LogP contribution in [0.5, 0.6) is 5.75 Å². The van der Waals surface area contributed by atoms with Crippen LogP contribution in [0.15, 0.2) is 36.5 Å². The molecule has 1 saturated carbocycles. The van der Waals surface area contributed by atoms with Gasteiger partial charge in [0.2, 0.25) is 0 Å². The Hall–Kier alpha value is -4.08. The molecule has 3 aromatic heterocycles. The number of hydrogen-bond acceptors (Lipinski definition) is 6. The highest BCUT2D eigenvalue weighted by molar-refractivity contribution is 6.00. The number of aromatic nitrogens is 4. The lowest BCUT2D eigenvalue weighted by molar-refractivity contribution is 0.0380. The van der Waals surface area contributed by atoms with Gasteiger partial charge in [-0.05, 0) is 82.7 Å². The zero-order valence-electron chi connectivity index (χ0n) is 24.7. The molecule has 216 valence electrons. The fraction of sp³-hybridized carbons (Fsp3) is 0.484. The molecule has 4 aromatic rings. The number of likely N-dealkylation sites (tertiary alicyclic amines) is 1. The van der Waals surface area contributed by atoms with Crippen molar-refractivity contribution in [2.45, 2.75) is 65.1 Å². The molecule has 1 aromatic carbocycles. The number of nitrogens with one attached hydrogen (secondary N) is 1. The standard InChI is InChI=1S/C31H38N6O4/c1-7-37-22(16-19-9-8-13-32-26(19)37)27-33-21-15-20(17-23(40-6)25(21)35(27)5)28(38)36-14-12-31(10-11-31)24(18-36)34-29(39)41-30(2,3)4/h8-9,13,15-17,24H,7,10-12,14,18H2,1-6H3,(H,34,39). The van der Waals surface area contributed by atoms with Crippen molar-refractivity contribution < 1.29 is 19.1 Å². The second-order valence-corrected chi connectivity index (χ2v) is 12.3. The van der Waals surface area contributed by atoms with E-state index in [4.69, 9.17) is 14.5 Å². The third-order valence-electron chi connectivity index (χ3n) is 8.49. The van der Waals surface area contributed by atoms with Gasteiger partial charge in [0, 0.05) is 43.8 Å². The fourth-order valence-electron chi connectivity index (χ4n) is 6.22. The van der Waals surface area contributed by atoms with Gasteiger partial charge >= 0.3 is 6.09 Å². The molecule has 1 unspecified atom stereocenters. The second kappa shape index (κ2) is 9.78. The average Bonchev–Trinajstić information content (AvgIpc) is 3.49. The first kappa shape index (κ1) is 27.1. The van der Waals surface area contributed by atoms with Crippen molar-refractivity contribution in [2.24, 2.45) is 12.5 Å². The highest BCUT2D eigenvalue weighted by Crippen LogP contribution is 2.54. The molecule has 2 fully saturated rings. The minimum Gasteiger partial charge on any atom is -0.494 e. The lowest BCUT2D eigenvalue weighted by Gasteiger charge is -2.39. The molecule has 10 nitrogen and oxygen atoms in total. The van der Waals surface area contributed by atoms with E-state index < -0.39 is 11.7 Å². The summed E-state index contributed by atoms with van der Waals surface area (Å²) in [6, 6.07) is 9.58. The van der Waals surface area contributed by atoms with E-state index in [9.17, 15) is 9.59 Å². The Morgan fingerprint density at radius 1 is 1.17 bits per heavy atom. The molecule has 0 bridgehead atoms. The van der Waals surface area contributed by atoms with Gasteiger partial charge in [-0.1, -0.05) is 0 Å². The van der Waals surface area contributed by atoms with Crippen LogP contribution >= 0.6 is 0 Å². The largest absolute Gasteiger partial charge is 0.494 e. The van der Waals surface area contributed by atoms with Gasteiger partial charge in [-0.3, -0.25) is 4.79 Å². The summed E-state index contributed by atoms with van der Waals surface area (Å²) in [5.41, 5.74) is 3.35. The van der Waals surface area contributed by atoms with Crippen molar-refractivity contribution in [2.75, 3.05) is 20.2 Å². The van der Waals surface area contributed by atoms with Crippen LogP contribution < -0.4 is 10.1 Å². The molecule has 0 radical (unpaired) electrons. The fourth-order valence-corrected chi connectivity index (χ4v) is 6.22. The normalized spacial score (nSPS) is 18.2. The first-order valence-corrected chi connectivity index (χ1v) is 14.3. The highest BCUT2D eigenvalue weighted by atomic mass is 16.6. The first-order chi connectivity index (χ1) is 19.5. The van der Waals surface area contributed by atoms with Crippen molar-refractivity contribution in [1.29, 1.82) is 0 Å². The molecule has 1 saturated heterocycles. The van der Waals surface area contributed by atoms with Crippen LogP contribution in [0.3, 0.4) is 0 Å². The zero-order chi connectivity index (χ0) is 29.1. The SMILES string of the molecule is CCn1c(-c2nc3cc(C(=O)N4CCC5(CC5)C(NC(=O)OC(C)(C)C)C4)cc(OC)c3n2C)cc2cccnc21. The van der Waals surface area contributed by atoms with Gasteiger partial charge in [-0.15, -0.1) is 0 Å². The summed E-state index contributed by atoms with van der Waals surface area (Å²) in [7, 11) is 3.58. The summed E-state index contributed by atoms with van der Waals surface area (Å²) in [4.78, 5) is 37.9. The highest BCUT2D eigenvalue weighted by Gasteiger charge is 2.53. The van der Waals surface area contributed by atoms with Gasteiger partial charge in [0.1, 0.15) is 22.5 Å². The summed E-state index contributed by atoms with van der Waals surface area (Å²) < 4.78 is 15.5. The Kier molecular flexibility index (Phi) is 6.47. The number of fused-ring (bicyclic) bond motifs is 2. The summed E-state index contributed by atoms with van der Waals surface area (Å²) in [5.74, 6) is 1.26. The Bertz CT molecular complexity index is 1660. The minimum atomic E-state index is -0.583. The molecule has 2 aliphatic rings. The van der Waals surface area contributed by atoms with E-state index in [1.54, 1.807) is 19.4 Å². The Morgan fingerprint density at radius 3 is 2.63 bits per heavy atom. The number of aryl methyl sites for hydroxylation is 2. The average molecular weight is 559 g/mol. The number of piperidine rings is 1. The number of rotatable bonds is 5. The molecule has 1 aliphatic carbocycles. The quantitative estimate of drug-likeness (QED) is 0.364. The number of carbonyl (C=O) groups excluding carboxylic acids is 2. The van der Waals surface area contributed by atoms with Crippen molar-refractivity contribution in [3.05, 3.63) is 42.1 Å². The van der Waals surface area contributed by atoms with Crippen LogP contribution in [0.4, 0.5) is 4.79 Å². The maximum atomic E-state index is 13.9. The Labute approximate surface area is 239 Å². The molecule has 1 spiro atoms. The smallest absolute Gasteiger partial charge is 0.407 e. The Morgan fingerprint density at radius 2 is 1.95 bits per heavy atom. The minimum absolute atomic E-state index is 0.0534. The van der Waals surface area contributed by atoms with Gasteiger partial charge in [-0.2, -0.15) is 0 Å². The number of methoxy groups -OCH3 is 1. The molecule has 4 heterocycles. The van der Waals surface area contributed by atoms with Gasteiger partial charge in [-0.25, -0.2) is 14.8 Å². The summed E-state index contributed by atoms with van der Waals surface area (Å²) in [6.07, 6.45) is 4.31. The van der Waals surface area contributed by atoms with Crippen molar-refractivity contribution in [3.8, 4) is 17.3 Å². The van der Waals surface area contributed by atoms with E-state index in [1.165, 1.54) is 0 Å². The van der Waals surface area contributed by atoms with E-state index in [1.807, 2.05) is 55.5 Å². The number of nitrogens with zero attached hydrogens (tertiary/aromatic N) is 5. The number of alkyl carbamates (subject to hydrolysis) is 1. The van der Waals surface area contributed by atoms with Crippen LogP contribution in [0.2, 0.25) is 0 Å². The van der Waals surface area contributed by atoms with Gasteiger partial charge in [0.25, 0.3) is 5.91 Å². The molecule has 2 amide bonds. The van der Waals surface area contributed by atoms with Crippen LogP contribution in [0, 0.1) is 5.41 Å². The number of benzene rings is 1. The topological polar surface area (TPSA) is 104 Å². The zero-order valence-corrected chi connectivity index (χ0v) is 24.7. The molecule has 6 rings (SSSR count). The van der Waals surface area contributed by atoms with Crippen molar-refractivity contribution in [1.82, 2.24) is 29.3 Å².